The molecule has 1 aromatic carbocycles. The summed E-state index contributed by atoms with van der Waals surface area (Å²) in [5.41, 5.74) is 2.58. The molecule has 0 saturated carbocycles. The Hall–Kier alpha value is -2.83. The number of carbonyl (C=O) groups is 1. The van der Waals surface area contributed by atoms with Crippen molar-refractivity contribution in [2.75, 3.05) is 13.2 Å². The van der Waals surface area contributed by atoms with Crippen molar-refractivity contribution in [1.82, 2.24) is 14.9 Å². The molecule has 7 nitrogen and oxygen atoms in total. The van der Waals surface area contributed by atoms with E-state index in [-0.39, 0.29) is 28.9 Å². The second-order valence-electron chi connectivity index (χ2n) is 6.62. The van der Waals surface area contributed by atoms with Crippen LogP contribution in [0.1, 0.15) is 53.9 Å². The van der Waals surface area contributed by atoms with E-state index in [4.69, 9.17) is 4.74 Å². The highest BCUT2D eigenvalue weighted by atomic mass is 16.5. The molecule has 0 spiro atoms. The topological polar surface area (TPSA) is 95.8 Å². The summed E-state index contributed by atoms with van der Waals surface area (Å²) in [6, 6.07) is 3.16. The Morgan fingerprint density at radius 1 is 1.31 bits per heavy atom. The second kappa shape index (κ2) is 7.19. The maximum Gasteiger partial charge on any atom is 0.316 e. The summed E-state index contributed by atoms with van der Waals surface area (Å²) < 4.78 is 5.32. The highest BCUT2D eigenvalue weighted by Gasteiger charge is 2.26. The Morgan fingerprint density at radius 3 is 2.77 bits per heavy atom. The molecule has 0 bridgehead atoms. The van der Waals surface area contributed by atoms with Gasteiger partial charge in [0.2, 0.25) is 0 Å². The molecule has 0 unspecified atom stereocenters. The van der Waals surface area contributed by atoms with Gasteiger partial charge >= 0.3 is 6.01 Å². The van der Waals surface area contributed by atoms with Crippen molar-refractivity contribution < 1.29 is 19.7 Å². The van der Waals surface area contributed by atoms with Crippen molar-refractivity contribution in [2.45, 2.75) is 39.7 Å². The Bertz CT molecular complexity index is 836. The van der Waals surface area contributed by atoms with Crippen molar-refractivity contribution >= 4 is 5.91 Å². The van der Waals surface area contributed by atoms with Crippen molar-refractivity contribution in [3.05, 3.63) is 40.7 Å². The van der Waals surface area contributed by atoms with Crippen LogP contribution in [0.25, 0.3) is 0 Å². The third-order valence-corrected chi connectivity index (χ3v) is 4.47. The van der Waals surface area contributed by atoms with Crippen molar-refractivity contribution in [3.63, 3.8) is 0 Å². The highest BCUT2D eigenvalue weighted by molar-refractivity contribution is 5.97. The Labute approximate surface area is 152 Å². The smallest absolute Gasteiger partial charge is 0.316 e. The van der Waals surface area contributed by atoms with Crippen molar-refractivity contribution in [1.29, 1.82) is 0 Å². The van der Waals surface area contributed by atoms with Crippen molar-refractivity contribution in [3.8, 4) is 17.5 Å². The summed E-state index contributed by atoms with van der Waals surface area (Å²) >= 11 is 0. The molecule has 1 aliphatic rings. The van der Waals surface area contributed by atoms with Gasteiger partial charge in [0.1, 0.15) is 11.5 Å². The van der Waals surface area contributed by atoms with Crippen LogP contribution >= 0.6 is 0 Å². The molecule has 1 aromatic heterocycles. The van der Waals surface area contributed by atoms with Gasteiger partial charge in [-0.15, -0.1) is 0 Å². The predicted molar refractivity (Wildman–Crippen MR) is 95.5 cm³/mol. The second-order valence-corrected chi connectivity index (χ2v) is 6.62. The van der Waals surface area contributed by atoms with Crippen LogP contribution in [-0.2, 0) is 13.0 Å². The Morgan fingerprint density at radius 2 is 2.08 bits per heavy atom. The fourth-order valence-corrected chi connectivity index (χ4v) is 3.07. The summed E-state index contributed by atoms with van der Waals surface area (Å²) in [4.78, 5) is 23.1. The summed E-state index contributed by atoms with van der Waals surface area (Å²) in [5.74, 6) is -0.459. The lowest BCUT2D eigenvalue weighted by Crippen LogP contribution is -2.36. The molecule has 1 aliphatic heterocycles. The van der Waals surface area contributed by atoms with Crippen LogP contribution in [0.5, 0.6) is 17.5 Å². The van der Waals surface area contributed by atoms with Crippen molar-refractivity contribution in [2.24, 2.45) is 0 Å². The molecule has 3 rings (SSSR count). The number of phenolic OH excluding ortho intramolecular Hbond substituents is 2. The van der Waals surface area contributed by atoms with Crippen LogP contribution < -0.4 is 4.74 Å². The first kappa shape index (κ1) is 18.0. The van der Waals surface area contributed by atoms with Crippen LogP contribution in [0.4, 0.5) is 0 Å². The number of aromatic nitrogens is 2. The average molecular weight is 357 g/mol. The predicted octanol–water partition coefficient (Wildman–Crippen LogP) is 2.61. The largest absolute Gasteiger partial charge is 0.508 e. The first-order valence-electron chi connectivity index (χ1n) is 8.73. The third-order valence-electron chi connectivity index (χ3n) is 4.47. The summed E-state index contributed by atoms with van der Waals surface area (Å²) in [7, 11) is 0. The third kappa shape index (κ3) is 3.42. The molecule has 2 N–H and O–H groups in total. The molecule has 0 atom stereocenters. The number of fused-ring (bicyclic) bond motifs is 1. The van der Waals surface area contributed by atoms with Gasteiger partial charge in [-0.3, -0.25) is 4.79 Å². The lowest BCUT2D eigenvalue weighted by molar-refractivity contribution is 0.0729. The molecule has 2 heterocycles. The van der Waals surface area contributed by atoms with Gasteiger partial charge in [0.05, 0.1) is 17.9 Å². The summed E-state index contributed by atoms with van der Waals surface area (Å²) in [6.45, 7) is 7.08. The molecule has 2 aromatic rings. The zero-order valence-electron chi connectivity index (χ0n) is 15.2. The van der Waals surface area contributed by atoms with E-state index in [2.05, 4.69) is 9.97 Å². The normalized spacial score (nSPS) is 13.6. The minimum absolute atomic E-state index is 0.00473. The standard InChI is InChI=1S/C19H23N3O4/c1-4-26-19-20-9-12-10-22(6-5-15(12)21-19)18(25)14-7-13(11(2)3)16(23)8-17(14)24/h7-9,11,23-24H,4-6,10H2,1-3H3. The monoisotopic (exact) mass is 357 g/mol. The van der Waals surface area contributed by atoms with E-state index in [0.29, 0.717) is 37.7 Å². The quantitative estimate of drug-likeness (QED) is 0.873. The number of carbonyl (C=O) groups excluding carboxylic acids is 1. The summed E-state index contributed by atoms with van der Waals surface area (Å²) in [6.07, 6.45) is 2.28. The number of aromatic hydroxyl groups is 2. The van der Waals surface area contributed by atoms with Crippen LogP contribution in [0.3, 0.4) is 0 Å². The lowest BCUT2D eigenvalue weighted by atomic mass is 9.97. The van der Waals surface area contributed by atoms with Gasteiger partial charge in [-0.25, -0.2) is 4.98 Å². The molecule has 7 heteroatoms. The summed E-state index contributed by atoms with van der Waals surface area (Å²) in [5, 5.41) is 20.1. The van der Waals surface area contributed by atoms with E-state index in [1.165, 1.54) is 6.07 Å². The number of rotatable bonds is 4. The molecule has 1 amide bonds. The zero-order valence-corrected chi connectivity index (χ0v) is 15.2. The van der Waals surface area contributed by atoms with Crippen LogP contribution in [0.15, 0.2) is 18.3 Å². The Kier molecular flexibility index (Phi) is 4.97. The first-order chi connectivity index (χ1) is 12.4. The maximum absolute atomic E-state index is 12.9. The molecular weight excluding hydrogens is 334 g/mol. The zero-order chi connectivity index (χ0) is 18.8. The highest BCUT2D eigenvalue weighted by Crippen LogP contribution is 2.33. The minimum atomic E-state index is -0.274. The van der Waals surface area contributed by atoms with Gasteiger partial charge in [0, 0.05) is 37.3 Å². The van der Waals surface area contributed by atoms with Crippen LogP contribution in [0, 0.1) is 0 Å². The molecule has 0 aliphatic carbocycles. The number of nitrogens with zero attached hydrogens (tertiary/aromatic N) is 3. The number of hydrogen-bond donors (Lipinski definition) is 2. The number of ether oxygens (including phenoxy) is 1. The lowest BCUT2D eigenvalue weighted by Gasteiger charge is -2.28. The van der Waals surface area contributed by atoms with E-state index in [0.717, 1.165) is 11.3 Å². The fourth-order valence-electron chi connectivity index (χ4n) is 3.07. The van der Waals surface area contributed by atoms with E-state index in [9.17, 15) is 15.0 Å². The van der Waals surface area contributed by atoms with Crippen LogP contribution in [0.2, 0.25) is 0 Å². The number of benzene rings is 1. The van der Waals surface area contributed by atoms with E-state index in [1.54, 1.807) is 17.2 Å². The SMILES string of the molecule is CCOc1ncc2c(n1)CCN(C(=O)c1cc(C(C)C)c(O)cc1O)C2. The van der Waals surface area contributed by atoms with Gasteiger partial charge in [-0.2, -0.15) is 4.98 Å². The fraction of sp³-hybridized carbons (Fsp3) is 0.421. The van der Waals surface area contributed by atoms with E-state index >= 15 is 0 Å². The van der Waals surface area contributed by atoms with Gasteiger partial charge in [-0.05, 0) is 24.5 Å². The number of hydrogen-bond acceptors (Lipinski definition) is 6. The van der Waals surface area contributed by atoms with Gasteiger partial charge in [0.25, 0.3) is 5.91 Å². The van der Waals surface area contributed by atoms with Gasteiger partial charge in [0.15, 0.2) is 0 Å². The maximum atomic E-state index is 12.9. The van der Waals surface area contributed by atoms with Gasteiger partial charge < -0.3 is 19.8 Å². The minimum Gasteiger partial charge on any atom is -0.508 e. The van der Waals surface area contributed by atoms with E-state index < -0.39 is 0 Å². The van der Waals surface area contributed by atoms with Gasteiger partial charge in [-0.1, -0.05) is 13.8 Å². The van der Waals surface area contributed by atoms with E-state index in [1.807, 2.05) is 20.8 Å². The average Bonchev–Trinajstić information content (AvgIpc) is 2.60. The number of phenols is 2. The molecule has 0 fully saturated rings. The first-order valence-corrected chi connectivity index (χ1v) is 8.73. The molecule has 138 valence electrons. The molecule has 0 saturated heterocycles. The van der Waals surface area contributed by atoms with Crippen LogP contribution in [-0.4, -0.2) is 44.1 Å². The number of amides is 1. The molecule has 0 radical (unpaired) electrons. The Balaban J connectivity index is 1.85. The molecule has 26 heavy (non-hydrogen) atoms. The molecular formula is C19H23N3O4.